The number of carbonyl (C=O) groups excluding carboxylic acids is 1. The third kappa shape index (κ3) is 6.37. The zero-order valence-corrected chi connectivity index (χ0v) is 28.4. The number of ether oxygens (including phenoxy) is 3. The molecule has 0 N–H and O–H groups in total. The lowest BCUT2D eigenvalue weighted by atomic mass is 9.65. The minimum atomic E-state index is -0.328. The molecule has 2 heterocycles. The number of hydrogen-bond donors (Lipinski definition) is 0. The molecule has 7 nitrogen and oxygen atoms in total. The van der Waals surface area contributed by atoms with Crippen molar-refractivity contribution in [2.24, 2.45) is 17.8 Å². The Morgan fingerprint density at radius 3 is 2.76 bits per heavy atom. The fourth-order valence-electron chi connectivity index (χ4n) is 8.69. The van der Waals surface area contributed by atoms with Crippen LogP contribution in [0.4, 0.5) is 5.69 Å². The molecule has 0 amide bonds. The average Bonchev–Trinajstić information content (AvgIpc) is 3.22. The van der Waals surface area contributed by atoms with Gasteiger partial charge in [0, 0.05) is 48.3 Å². The third-order valence-electron chi connectivity index (χ3n) is 11.0. The minimum Gasteiger partial charge on any atom is -0.490 e. The largest absolute Gasteiger partial charge is 0.490 e. The second-order valence-corrected chi connectivity index (χ2v) is 15.4. The number of halogens is 1. The normalized spacial score (nSPS) is 27.8. The fourth-order valence-corrected chi connectivity index (χ4v) is 10.1. The van der Waals surface area contributed by atoms with Crippen molar-refractivity contribution >= 4 is 35.0 Å². The molecule has 3 aliphatic carbocycles. The molecule has 2 unspecified atom stereocenters. The number of thioether (sulfide) groups is 1. The molecule has 1 aliphatic heterocycles. The molecule has 3 aromatic rings. The van der Waals surface area contributed by atoms with E-state index in [2.05, 4.69) is 27.0 Å². The van der Waals surface area contributed by atoms with Gasteiger partial charge in [-0.25, -0.2) is 14.8 Å². The van der Waals surface area contributed by atoms with Crippen LogP contribution in [-0.2, 0) is 21.3 Å². The molecule has 1 spiro atoms. The molecular formula is C37H44ClN3O4S. The summed E-state index contributed by atoms with van der Waals surface area (Å²) in [7, 11) is 3.35. The Hall–Kier alpha value is -2.81. The van der Waals surface area contributed by atoms with Gasteiger partial charge in [0.1, 0.15) is 5.75 Å². The van der Waals surface area contributed by atoms with E-state index in [1.165, 1.54) is 50.3 Å². The Bertz CT molecular complexity index is 1540. The number of benzene rings is 2. The highest BCUT2D eigenvalue weighted by Gasteiger charge is 2.46. The number of hydrogen-bond acceptors (Lipinski definition) is 8. The summed E-state index contributed by atoms with van der Waals surface area (Å²) in [6.45, 7) is 2.34. The molecule has 2 saturated carbocycles. The van der Waals surface area contributed by atoms with Gasteiger partial charge in [0.25, 0.3) is 0 Å². The molecule has 9 heteroatoms. The van der Waals surface area contributed by atoms with Gasteiger partial charge in [-0.1, -0.05) is 35.9 Å². The van der Waals surface area contributed by atoms with E-state index >= 15 is 0 Å². The van der Waals surface area contributed by atoms with Crippen LogP contribution in [0.1, 0.15) is 72.9 Å². The van der Waals surface area contributed by atoms with Crippen molar-refractivity contribution in [3.63, 3.8) is 0 Å². The van der Waals surface area contributed by atoms with Gasteiger partial charge in [0.2, 0.25) is 0 Å². The van der Waals surface area contributed by atoms with E-state index in [4.69, 9.17) is 25.8 Å². The van der Waals surface area contributed by atoms with Crippen LogP contribution in [0.5, 0.6) is 5.75 Å². The summed E-state index contributed by atoms with van der Waals surface area (Å²) in [6.07, 6.45) is 14.2. The maximum Gasteiger partial charge on any atom is 0.337 e. The molecule has 6 atom stereocenters. The number of fused-ring (bicyclic) bond motifs is 3. The van der Waals surface area contributed by atoms with Crippen LogP contribution in [0.15, 0.2) is 60.0 Å². The molecule has 0 bridgehead atoms. The van der Waals surface area contributed by atoms with Crippen molar-refractivity contribution in [3.05, 3.63) is 76.6 Å². The molecule has 2 aromatic carbocycles. The molecule has 244 valence electrons. The van der Waals surface area contributed by atoms with Gasteiger partial charge in [-0.15, -0.1) is 0 Å². The second-order valence-electron chi connectivity index (χ2n) is 13.7. The Labute approximate surface area is 281 Å². The van der Waals surface area contributed by atoms with Crippen LogP contribution in [-0.4, -0.2) is 61.2 Å². The lowest BCUT2D eigenvalue weighted by molar-refractivity contribution is -0.0587. The zero-order valence-electron chi connectivity index (χ0n) is 26.8. The van der Waals surface area contributed by atoms with Crippen LogP contribution in [0.3, 0.4) is 0 Å². The topological polar surface area (TPSA) is 73.8 Å². The van der Waals surface area contributed by atoms with Gasteiger partial charge < -0.3 is 19.1 Å². The van der Waals surface area contributed by atoms with Crippen LogP contribution < -0.4 is 9.64 Å². The number of aryl methyl sites for hydroxylation is 1. The van der Waals surface area contributed by atoms with Gasteiger partial charge in [-0.2, -0.15) is 0 Å². The Kier molecular flexibility index (Phi) is 9.49. The lowest BCUT2D eigenvalue weighted by Gasteiger charge is -2.48. The van der Waals surface area contributed by atoms with Gasteiger partial charge in [-0.05, 0) is 117 Å². The zero-order chi connectivity index (χ0) is 31.7. The predicted molar refractivity (Wildman–Crippen MR) is 182 cm³/mol. The summed E-state index contributed by atoms with van der Waals surface area (Å²) in [4.78, 5) is 24.1. The van der Waals surface area contributed by atoms with Crippen LogP contribution in [0, 0.1) is 17.8 Å². The summed E-state index contributed by atoms with van der Waals surface area (Å²) in [5, 5.41) is 2.18. The summed E-state index contributed by atoms with van der Waals surface area (Å²) in [5.74, 6) is 2.02. The van der Waals surface area contributed by atoms with Crippen molar-refractivity contribution in [2.45, 2.75) is 79.7 Å². The van der Waals surface area contributed by atoms with Gasteiger partial charge >= 0.3 is 5.97 Å². The van der Waals surface area contributed by atoms with Crippen molar-refractivity contribution < 1.29 is 19.0 Å². The van der Waals surface area contributed by atoms with E-state index in [-0.39, 0.29) is 17.5 Å². The van der Waals surface area contributed by atoms with E-state index in [0.717, 1.165) is 60.4 Å². The fraction of sp³-hybridized carbons (Fsp3) is 0.541. The number of carbonyl (C=O) groups is 1. The van der Waals surface area contributed by atoms with Crippen LogP contribution in [0.25, 0.3) is 0 Å². The monoisotopic (exact) mass is 661 g/mol. The summed E-state index contributed by atoms with van der Waals surface area (Å²) < 4.78 is 18.1. The quantitative estimate of drug-likeness (QED) is 0.179. The Morgan fingerprint density at radius 2 is 1.98 bits per heavy atom. The van der Waals surface area contributed by atoms with Crippen molar-refractivity contribution in [1.29, 1.82) is 0 Å². The maximum absolute atomic E-state index is 12.6. The smallest absolute Gasteiger partial charge is 0.337 e. The van der Waals surface area contributed by atoms with Gasteiger partial charge in [0.05, 0.1) is 31.1 Å². The van der Waals surface area contributed by atoms with E-state index in [0.29, 0.717) is 35.2 Å². The number of anilines is 1. The van der Waals surface area contributed by atoms with E-state index in [1.54, 1.807) is 0 Å². The Balaban J connectivity index is 1.15. The lowest BCUT2D eigenvalue weighted by Crippen LogP contribution is -2.51. The van der Waals surface area contributed by atoms with E-state index in [1.807, 2.05) is 61.6 Å². The molecule has 4 aliphatic rings. The first kappa shape index (κ1) is 31.8. The highest BCUT2D eigenvalue weighted by molar-refractivity contribution is 7.99. The highest BCUT2D eigenvalue weighted by Crippen LogP contribution is 2.49. The van der Waals surface area contributed by atoms with Crippen molar-refractivity contribution in [3.8, 4) is 5.75 Å². The predicted octanol–water partition coefficient (Wildman–Crippen LogP) is 7.78. The first-order chi connectivity index (χ1) is 22.5. The molecule has 2 fully saturated rings. The summed E-state index contributed by atoms with van der Waals surface area (Å²) >= 11 is 8.29. The molecular weight excluding hydrogens is 618 g/mol. The number of aromatic nitrogens is 2. The van der Waals surface area contributed by atoms with Gasteiger partial charge in [-0.3, -0.25) is 0 Å². The summed E-state index contributed by atoms with van der Waals surface area (Å²) in [6, 6.07) is 14.0. The van der Waals surface area contributed by atoms with Crippen LogP contribution >= 0.6 is 23.4 Å². The molecule has 0 saturated heterocycles. The van der Waals surface area contributed by atoms with E-state index in [9.17, 15) is 4.79 Å². The average molecular weight is 662 g/mol. The van der Waals surface area contributed by atoms with Crippen molar-refractivity contribution in [1.82, 2.24) is 9.97 Å². The second kappa shape index (κ2) is 13.7. The number of rotatable bonds is 8. The SMILES string of the molecule is COC(=O)c1ccc2c(c1)N(C[C@@H]1CC[C@H]1C(OC)[C@H]1CCC[C@H](Sc3ncccn3)C1)CC1(CCCc3cc(Cl)ccc31)CO2. The Morgan fingerprint density at radius 1 is 1.11 bits per heavy atom. The highest BCUT2D eigenvalue weighted by atomic mass is 35.5. The first-order valence-electron chi connectivity index (χ1n) is 16.8. The molecule has 46 heavy (non-hydrogen) atoms. The molecule has 0 radical (unpaired) electrons. The first-order valence-corrected chi connectivity index (χ1v) is 18.1. The van der Waals surface area contributed by atoms with Crippen LogP contribution in [0.2, 0.25) is 5.02 Å². The van der Waals surface area contributed by atoms with E-state index < -0.39 is 0 Å². The third-order valence-corrected chi connectivity index (χ3v) is 12.4. The number of esters is 1. The number of nitrogens with zero attached hydrogens (tertiary/aromatic N) is 3. The standard InChI is InChI=1S/C37H44ClN3O4S/c1-43-34(25-6-3-8-29(19-25)46-36-39-16-5-17-40-36)30-12-9-27(30)21-41-22-37(15-4-7-24-18-28(38)11-13-31(24)37)23-45-33-14-10-26(20-32(33)41)35(42)44-2/h5,10-11,13-14,16-18,20,25,27,29-30,34H,3-4,6-9,12,15,19,21-23H2,1-2H3/t25-,27-,29-,30+,34?,37?/m0/s1. The molecule has 7 rings (SSSR count). The number of methoxy groups -OCH3 is 2. The van der Waals surface area contributed by atoms with Crippen molar-refractivity contribution in [2.75, 3.05) is 38.8 Å². The molecule has 1 aromatic heterocycles. The van der Waals surface area contributed by atoms with Gasteiger partial charge in [0.15, 0.2) is 5.16 Å². The minimum absolute atomic E-state index is 0.157. The summed E-state index contributed by atoms with van der Waals surface area (Å²) in [5.41, 5.74) is 4.06. The maximum atomic E-state index is 12.6.